The number of ketones is 1. The summed E-state index contributed by atoms with van der Waals surface area (Å²) in [6.07, 6.45) is 0. The number of anilines is 1. The number of amides is 1. The maximum absolute atomic E-state index is 13.1. The van der Waals surface area contributed by atoms with E-state index in [1.807, 2.05) is 0 Å². The predicted octanol–water partition coefficient (Wildman–Crippen LogP) is 3.90. The number of benzene rings is 2. The van der Waals surface area contributed by atoms with Crippen LogP contribution in [0.25, 0.3) is 5.76 Å². The normalized spacial score (nSPS) is 19.4. The number of aryl methyl sites for hydroxylation is 1. The Balaban J connectivity index is 1.69. The summed E-state index contributed by atoms with van der Waals surface area (Å²) in [6.45, 7) is 2.56. The SMILES string of the molecule is Cc1nnc(N2C(=O)C(=O)/C(=C(/O)c3ccc4c(c3)OCCO4)[C@H]2c2ccc(Cl)cc2)s1. The molecule has 2 aliphatic rings. The molecule has 10 heteroatoms. The molecule has 0 bridgehead atoms. The first kappa shape index (κ1) is 20.5. The molecule has 162 valence electrons. The van der Waals surface area contributed by atoms with E-state index in [2.05, 4.69) is 10.2 Å². The van der Waals surface area contributed by atoms with Gasteiger partial charge in [-0.2, -0.15) is 0 Å². The zero-order valence-electron chi connectivity index (χ0n) is 16.7. The highest BCUT2D eigenvalue weighted by Crippen LogP contribution is 2.44. The molecule has 0 aliphatic carbocycles. The van der Waals surface area contributed by atoms with Gasteiger partial charge in [0.05, 0.1) is 11.6 Å². The third kappa shape index (κ3) is 3.39. The minimum atomic E-state index is -0.896. The number of hydrogen-bond acceptors (Lipinski definition) is 8. The molecular formula is C22H16ClN3O5S. The number of carbonyl (C=O) groups is 2. The van der Waals surface area contributed by atoms with Crippen molar-refractivity contribution in [2.75, 3.05) is 18.1 Å². The van der Waals surface area contributed by atoms with Gasteiger partial charge in [-0.1, -0.05) is 35.1 Å². The third-order valence-corrected chi connectivity index (χ3v) is 6.26. The molecule has 1 amide bonds. The highest BCUT2D eigenvalue weighted by molar-refractivity contribution is 7.15. The van der Waals surface area contributed by atoms with Crippen molar-refractivity contribution in [3.8, 4) is 11.5 Å². The Morgan fingerprint density at radius 1 is 1.09 bits per heavy atom. The fourth-order valence-corrected chi connectivity index (χ4v) is 4.56. The zero-order valence-corrected chi connectivity index (χ0v) is 18.3. The number of aliphatic hydroxyl groups is 1. The highest BCUT2D eigenvalue weighted by Gasteiger charge is 2.48. The van der Waals surface area contributed by atoms with Crippen molar-refractivity contribution in [3.63, 3.8) is 0 Å². The van der Waals surface area contributed by atoms with Gasteiger partial charge in [-0.25, -0.2) is 0 Å². The van der Waals surface area contributed by atoms with Crippen LogP contribution in [-0.2, 0) is 9.59 Å². The van der Waals surface area contributed by atoms with Crippen molar-refractivity contribution in [2.45, 2.75) is 13.0 Å². The first-order valence-electron chi connectivity index (χ1n) is 9.70. The van der Waals surface area contributed by atoms with Crippen LogP contribution in [0.2, 0.25) is 5.02 Å². The summed E-state index contributed by atoms with van der Waals surface area (Å²) >= 11 is 7.22. The van der Waals surface area contributed by atoms with Gasteiger partial charge in [-0.3, -0.25) is 14.5 Å². The van der Waals surface area contributed by atoms with Gasteiger partial charge in [0.15, 0.2) is 11.5 Å². The van der Waals surface area contributed by atoms with Gasteiger partial charge in [0, 0.05) is 10.6 Å². The Morgan fingerprint density at radius 2 is 1.81 bits per heavy atom. The highest BCUT2D eigenvalue weighted by atomic mass is 35.5. The first-order valence-corrected chi connectivity index (χ1v) is 10.9. The van der Waals surface area contributed by atoms with Crippen molar-refractivity contribution in [3.05, 3.63) is 69.2 Å². The smallest absolute Gasteiger partial charge is 0.301 e. The quantitative estimate of drug-likeness (QED) is 0.352. The summed E-state index contributed by atoms with van der Waals surface area (Å²) < 4.78 is 11.1. The van der Waals surface area contributed by atoms with Crippen LogP contribution in [0.1, 0.15) is 22.2 Å². The van der Waals surface area contributed by atoms with Gasteiger partial charge in [0.2, 0.25) is 5.13 Å². The summed E-state index contributed by atoms with van der Waals surface area (Å²) in [6, 6.07) is 10.7. The van der Waals surface area contributed by atoms with Crippen molar-refractivity contribution in [2.24, 2.45) is 0 Å². The minimum Gasteiger partial charge on any atom is -0.507 e. The second kappa shape index (κ2) is 7.92. The van der Waals surface area contributed by atoms with Gasteiger partial charge in [-0.05, 0) is 42.8 Å². The molecule has 8 nitrogen and oxygen atoms in total. The number of nitrogens with zero attached hydrogens (tertiary/aromatic N) is 3. The van der Waals surface area contributed by atoms with E-state index in [0.29, 0.717) is 45.9 Å². The molecule has 1 atom stereocenters. The van der Waals surface area contributed by atoms with Gasteiger partial charge in [0.1, 0.15) is 24.0 Å². The summed E-state index contributed by atoms with van der Waals surface area (Å²) in [4.78, 5) is 27.4. The van der Waals surface area contributed by atoms with Crippen molar-refractivity contribution < 1.29 is 24.2 Å². The number of fused-ring (bicyclic) bond motifs is 1. The van der Waals surface area contributed by atoms with Gasteiger partial charge in [-0.15, -0.1) is 10.2 Å². The number of aromatic nitrogens is 2. The molecular weight excluding hydrogens is 454 g/mol. The third-order valence-electron chi connectivity index (χ3n) is 5.17. The molecule has 0 unspecified atom stereocenters. The molecule has 1 fully saturated rings. The maximum Gasteiger partial charge on any atom is 0.301 e. The average Bonchev–Trinajstić information content (AvgIpc) is 3.34. The number of carbonyl (C=O) groups excluding carboxylic acids is 2. The second-order valence-electron chi connectivity index (χ2n) is 7.18. The van der Waals surface area contributed by atoms with Crippen LogP contribution in [0.5, 0.6) is 11.5 Å². The summed E-state index contributed by atoms with van der Waals surface area (Å²) in [7, 11) is 0. The van der Waals surface area contributed by atoms with E-state index in [1.165, 1.54) is 16.2 Å². The van der Waals surface area contributed by atoms with Crippen LogP contribution in [0, 0.1) is 6.92 Å². The molecule has 5 rings (SSSR count). The molecule has 0 spiro atoms. The van der Waals surface area contributed by atoms with E-state index in [1.54, 1.807) is 49.4 Å². The Labute approximate surface area is 191 Å². The Kier molecular flexibility index (Phi) is 5.07. The second-order valence-corrected chi connectivity index (χ2v) is 8.78. The molecule has 32 heavy (non-hydrogen) atoms. The van der Waals surface area contributed by atoms with Gasteiger partial charge in [0.25, 0.3) is 5.78 Å². The minimum absolute atomic E-state index is 0.0538. The standard InChI is InChI=1S/C22H16ClN3O5S/c1-11-24-25-22(32-11)26-18(12-2-5-14(23)6-3-12)17(20(28)21(26)29)19(27)13-4-7-15-16(10-13)31-9-8-30-15/h2-7,10,18,27H,8-9H2,1H3/b19-17+/t18-/m1/s1. The lowest BCUT2D eigenvalue weighted by Crippen LogP contribution is -2.29. The molecule has 1 N–H and O–H groups in total. The number of ether oxygens (including phenoxy) is 2. The number of halogens is 1. The van der Waals surface area contributed by atoms with Crippen molar-refractivity contribution in [1.82, 2.24) is 10.2 Å². The molecule has 3 heterocycles. The molecule has 2 aliphatic heterocycles. The van der Waals surface area contributed by atoms with Crippen LogP contribution in [0.4, 0.5) is 5.13 Å². The van der Waals surface area contributed by atoms with Crippen LogP contribution in [0.3, 0.4) is 0 Å². The average molecular weight is 470 g/mol. The lowest BCUT2D eigenvalue weighted by molar-refractivity contribution is -0.132. The molecule has 0 saturated carbocycles. The first-order chi connectivity index (χ1) is 15.4. The number of rotatable bonds is 3. The fourth-order valence-electron chi connectivity index (χ4n) is 3.72. The summed E-state index contributed by atoms with van der Waals surface area (Å²) in [5.74, 6) is -0.918. The van der Waals surface area contributed by atoms with E-state index < -0.39 is 17.7 Å². The van der Waals surface area contributed by atoms with Crippen molar-refractivity contribution >= 4 is 45.5 Å². The zero-order chi connectivity index (χ0) is 22.4. The van der Waals surface area contributed by atoms with Crippen LogP contribution in [-0.4, -0.2) is 40.2 Å². The van der Waals surface area contributed by atoms with E-state index in [0.717, 1.165) is 0 Å². The van der Waals surface area contributed by atoms with Gasteiger partial charge >= 0.3 is 5.91 Å². The monoisotopic (exact) mass is 469 g/mol. The van der Waals surface area contributed by atoms with Crippen LogP contribution >= 0.6 is 22.9 Å². The lowest BCUT2D eigenvalue weighted by Gasteiger charge is -2.23. The van der Waals surface area contributed by atoms with E-state index in [9.17, 15) is 14.7 Å². The topological polar surface area (TPSA) is 102 Å². The molecule has 1 aromatic heterocycles. The molecule has 1 saturated heterocycles. The summed E-state index contributed by atoms with van der Waals surface area (Å²) in [5.41, 5.74) is 0.877. The Hall–Kier alpha value is -3.43. The predicted molar refractivity (Wildman–Crippen MR) is 118 cm³/mol. The Morgan fingerprint density at radius 3 is 2.50 bits per heavy atom. The molecule has 3 aromatic rings. The Bertz CT molecular complexity index is 1270. The van der Waals surface area contributed by atoms with Crippen LogP contribution < -0.4 is 14.4 Å². The largest absolute Gasteiger partial charge is 0.507 e. The van der Waals surface area contributed by atoms with E-state index in [4.69, 9.17) is 21.1 Å². The van der Waals surface area contributed by atoms with Crippen LogP contribution in [0.15, 0.2) is 48.0 Å². The molecule has 2 aromatic carbocycles. The van der Waals surface area contributed by atoms with E-state index >= 15 is 0 Å². The number of Topliss-reactive ketones (excluding diaryl/α,β-unsaturated/α-hetero) is 1. The fraction of sp³-hybridized carbons (Fsp3) is 0.182. The molecule has 0 radical (unpaired) electrons. The number of hydrogen-bond donors (Lipinski definition) is 1. The number of aliphatic hydroxyl groups excluding tert-OH is 1. The van der Waals surface area contributed by atoms with E-state index in [-0.39, 0.29) is 16.5 Å². The lowest BCUT2D eigenvalue weighted by atomic mass is 9.95. The van der Waals surface area contributed by atoms with Gasteiger partial charge < -0.3 is 14.6 Å². The summed E-state index contributed by atoms with van der Waals surface area (Å²) in [5, 5.41) is 20.6. The van der Waals surface area contributed by atoms with Crippen molar-refractivity contribution in [1.29, 1.82) is 0 Å². The maximum atomic E-state index is 13.1.